The molecule has 0 bridgehead atoms. The first-order valence-corrected chi connectivity index (χ1v) is 5.83. The standard InChI is InChI=1S/C12H13BrO3/c1-15-11(7-12(14)16-2)10-6-4-3-5-9(10)8-13/h3-7H,8H2,1-2H3/b11-7+. The first-order valence-electron chi connectivity index (χ1n) is 4.70. The quantitative estimate of drug-likeness (QED) is 0.369. The molecule has 0 spiro atoms. The molecule has 0 aliphatic carbocycles. The highest BCUT2D eigenvalue weighted by atomic mass is 79.9. The van der Waals surface area contributed by atoms with Crippen molar-refractivity contribution in [3.63, 3.8) is 0 Å². The van der Waals surface area contributed by atoms with E-state index >= 15 is 0 Å². The van der Waals surface area contributed by atoms with E-state index in [1.165, 1.54) is 20.3 Å². The number of carbonyl (C=O) groups excluding carboxylic acids is 1. The lowest BCUT2D eigenvalue weighted by Crippen LogP contribution is -2.00. The third-order valence-electron chi connectivity index (χ3n) is 2.10. The van der Waals surface area contributed by atoms with Crippen LogP contribution in [0.5, 0.6) is 0 Å². The van der Waals surface area contributed by atoms with Gasteiger partial charge in [0.15, 0.2) is 0 Å². The molecule has 0 atom stereocenters. The predicted molar refractivity (Wildman–Crippen MR) is 66.1 cm³/mol. The van der Waals surface area contributed by atoms with Crippen LogP contribution in [0.1, 0.15) is 11.1 Å². The summed E-state index contributed by atoms with van der Waals surface area (Å²) < 4.78 is 9.76. The van der Waals surface area contributed by atoms with Gasteiger partial charge in [-0.3, -0.25) is 0 Å². The molecule has 0 N–H and O–H groups in total. The first-order chi connectivity index (χ1) is 7.72. The number of rotatable bonds is 4. The first kappa shape index (κ1) is 12.8. The zero-order chi connectivity index (χ0) is 12.0. The van der Waals surface area contributed by atoms with E-state index in [2.05, 4.69) is 20.7 Å². The van der Waals surface area contributed by atoms with Gasteiger partial charge < -0.3 is 9.47 Å². The second kappa shape index (κ2) is 6.33. The van der Waals surface area contributed by atoms with Crippen molar-refractivity contribution in [2.45, 2.75) is 5.33 Å². The molecule has 1 aromatic rings. The molecular formula is C12H13BrO3. The Morgan fingerprint density at radius 1 is 1.31 bits per heavy atom. The topological polar surface area (TPSA) is 35.5 Å². The van der Waals surface area contributed by atoms with Gasteiger partial charge in [0.05, 0.1) is 20.3 Å². The van der Waals surface area contributed by atoms with Gasteiger partial charge in [-0.1, -0.05) is 40.2 Å². The average Bonchev–Trinajstić information content (AvgIpc) is 2.35. The number of halogens is 1. The zero-order valence-corrected chi connectivity index (χ0v) is 10.8. The molecular weight excluding hydrogens is 272 g/mol. The van der Waals surface area contributed by atoms with E-state index in [1.807, 2.05) is 24.3 Å². The van der Waals surface area contributed by atoms with Crippen LogP contribution >= 0.6 is 15.9 Å². The van der Waals surface area contributed by atoms with E-state index in [-0.39, 0.29) is 0 Å². The van der Waals surface area contributed by atoms with Crippen molar-refractivity contribution in [1.29, 1.82) is 0 Å². The molecule has 0 heterocycles. The largest absolute Gasteiger partial charge is 0.496 e. The minimum absolute atomic E-state index is 0.429. The van der Waals surface area contributed by atoms with Crippen molar-refractivity contribution in [1.82, 2.24) is 0 Å². The van der Waals surface area contributed by atoms with Gasteiger partial charge in [0.2, 0.25) is 0 Å². The van der Waals surface area contributed by atoms with Crippen molar-refractivity contribution >= 4 is 27.7 Å². The molecule has 1 aromatic carbocycles. The fraction of sp³-hybridized carbons (Fsp3) is 0.250. The maximum Gasteiger partial charge on any atom is 0.334 e. The van der Waals surface area contributed by atoms with Crippen LogP contribution < -0.4 is 0 Å². The van der Waals surface area contributed by atoms with Gasteiger partial charge in [0.1, 0.15) is 5.76 Å². The van der Waals surface area contributed by atoms with E-state index in [9.17, 15) is 4.79 Å². The van der Waals surface area contributed by atoms with Crippen LogP contribution in [0.3, 0.4) is 0 Å². The van der Waals surface area contributed by atoms with Gasteiger partial charge in [-0.25, -0.2) is 4.79 Å². The molecule has 0 fully saturated rings. The minimum atomic E-state index is -0.429. The maximum absolute atomic E-state index is 11.2. The Bertz CT molecular complexity index is 399. The Kier molecular flexibility index (Phi) is 5.05. The highest BCUT2D eigenvalue weighted by molar-refractivity contribution is 9.08. The molecule has 4 heteroatoms. The van der Waals surface area contributed by atoms with E-state index in [0.29, 0.717) is 11.1 Å². The number of alkyl halides is 1. The lowest BCUT2D eigenvalue weighted by atomic mass is 10.1. The van der Waals surface area contributed by atoms with Crippen LogP contribution in [0.15, 0.2) is 30.3 Å². The van der Waals surface area contributed by atoms with Crippen molar-refractivity contribution < 1.29 is 14.3 Å². The van der Waals surface area contributed by atoms with Crippen LogP contribution in [0.2, 0.25) is 0 Å². The second-order valence-corrected chi connectivity index (χ2v) is 3.59. The van der Waals surface area contributed by atoms with Crippen molar-refractivity contribution in [3.05, 3.63) is 41.5 Å². The van der Waals surface area contributed by atoms with Crippen LogP contribution in [0.25, 0.3) is 5.76 Å². The Morgan fingerprint density at radius 3 is 2.56 bits per heavy atom. The highest BCUT2D eigenvalue weighted by Gasteiger charge is 2.09. The molecule has 0 aliphatic heterocycles. The molecule has 0 radical (unpaired) electrons. The van der Waals surface area contributed by atoms with Crippen molar-refractivity contribution in [2.75, 3.05) is 14.2 Å². The monoisotopic (exact) mass is 284 g/mol. The summed E-state index contributed by atoms with van der Waals surface area (Å²) in [5, 5.41) is 0.699. The molecule has 3 nitrogen and oxygen atoms in total. The Labute approximate surface area is 103 Å². The number of esters is 1. The van der Waals surface area contributed by atoms with Crippen LogP contribution in [-0.2, 0) is 19.6 Å². The average molecular weight is 285 g/mol. The van der Waals surface area contributed by atoms with Crippen LogP contribution in [0, 0.1) is 0 Å². The van der Waals surface area contributed by atoms with Gasteiger partial charge in [-0.05, 0) is 5.56 Å². The van der Waals surface area contributed by atoms with E-state index in [1.54, 1.807) is 0 Å². The Hall–Kier alpha value is -1.29. The number of benzene rings is 1. The molecule has 0 aromatic heterocycles. The number of hydrogen-bond acceptors (Lipinski definition) is 3. The fourth-order valence-corrected chi connectivity index (χ4v) is 1.78. The third kappa shape index (κ3) is 3.10. The lowest BCUT2D eigenvalue weighted by Gasteiger charge is -2.09. The van der Waals surface area contributed by atoms with E-state index in [4.69, 9.17) is 4.74 Å². The number of methoxy groups -OCH3 is 2. The van der Waals surface area contributed by atoms with E-state index < -0.39 is 5.97 Å². The molecule has 0 unspecified atom stereocenters. The Morgan fingerprint density at radius 2 is 2.00 bits per heavy atom. The molecule has 86 valence electrons. The summed E-state index contributed by atoms with van der Waals surface area (Å²) in [7, 11) is 2.86. The maximum atomic E-state index is 11.2. The molecule has 1 rings (SSSR count). The molecule has 0 aliphatic rings. The summed E-state index contributed by atoms with van der Waals surface area (Å²) in [5.74, 6) is 0.0723. The van der Waals surface area contributed by atoms with Crippen LogP contribution in [0.4, 0.5) is 0 Å². The van der Waals surface area contributed by atoms with Gasteiger partial charge in [0.25, 0.3) is 0 Å². The van der Waals surface area contributed by atoms with Crippen molar-refractivity contribution in [3.8, 4) is 0 Å². The second-order valence-electron chi connectivity index (χ2n) is 3.03. The molecule has 0 saturated heterocycles. The predicted octanol–water partition coefficient (Wildman–Crippen LogP) is 2.74. The van der Waals surface area contributed by atoms with Gasteiger partial charge >= 0.3 is 5.97 Å². The summed E-state index contributed by atoms with van der Waals surface area (Å²) in [6, 6.07) is 7.69. The molecule has 0 amide bonds. The summed E-state index contributed by atoms with van der Waals surface area (Å²) in [6.07, 6.45) is 1.33. The normalized spacial score (nSPS) is 11.1. The lowest BCUT2D eigenvalue weighted by molar-refractivity contribution is -0.134. The highest BCUT2D eigenvalue weighted by Crippen LogP contribution is 2.21. The van der Waals surface area contributed by atoms with E-state index in [0.717, 1.165) is 11.1 Å². The number of carbonyl (C=O) groups is 1. The summed E-state index contributed by atoms with van der Waals surface area (Å²) in [5.41, 5.74) is 1.94. The van der Waals surface area contributed by atoms with Crippen LogP contribution in [-0.4, -0.2) is 20.2 Å². The number of ether oxygens (including phenoxy) is 2. The zero-order valence-electron chi connectivity index (χ0n) is 9.20. The van der Waals surface area contributed by atoms with Crippen molar-refractivity contribution in [2.24, 2.45) is 0 Å². The summed E-state index contributed by atoms with van der Waals surface area (Å²) in [6.45, 7) is 0. The molecule has 16 heavy (non-hydrogen) atoms. The van der Waals surface area contributed by atoms with Gasteiger partial charge in [0, 0.05) is 10.9 Å². The SMILES string of the molecule is COC(=O)/C=C(/OC)c1ccccc1CBr. The van der Waals surface area contributed by atoms with Gasteiger partial charge in [-0.15, -0.1) is 0 Å². The fourth-order valence-electron chi connectivity index (χ4n) is 1.29. The smallest absolute Gasteiger partial charge is 0.334 e. The minimum Gasteiger partial charge on any atom is -0.496 e. The Balaban J connectivity index is 3.13. The summed E-state index contributed by atoms with van der Waals surface area (Å²) >= 11 is 3.39. The summed E-state index contributed by atoms with van der Waals surface area (Å²) in [4.78, 5) is 11.2. The number of hydrogen-bond donors (Lipinski definition) is 0. The van der Waals surface area contributed by atoms with Gasteiger partial charge in [-0.2, -0.15) is 0 Å². The third-order valence-corrected chi connectivity index (χ3v) is 2.70. The molecule has 0 saturated carbocycles.